The van der Waals surface area contributed by atoms with E-state index in [2.05, 4.69) is 0 Å². The van der Waals surface area contributed by atoms with Crippen LogP contribution >= 0.6 is 0 Å². The van der Waals surface area contributed by atoms with Gasteiger partial charge in [-0.05, 0) is 77.2 Å². The van der Waals surface area contributed by atoms with E-state index < -0.39 is 86.7 Å². The molecule has 4 aromatic rings. The number of ether oxygens (including phenoxy) is 2. The van der Waals surface area contributed by atoms with E-state index in [1.165, 1.54) is 31.2 Å². The smallest absolute Gasteiger partial charge is 0.411 e. The zero-order valence-corrected chi connectivity index (χ0v) is 27.9. The molecule has 2 heterocycles. The van der Waals surface area contributed by atoms with Gasteiger partial charge in [-0.25, -0.2) is 4.90 Å². The number of hydrogen-bond acceptors (Lipinski definition) is 8. The molecule has 0 saturated heterocycles. The van der Waals surface area contributed by atoms with Gasteiger partial charge in [0.2, 0.25) is 5.41 Å². The highest BCUT2D eigenvalue weighted by molar-refractivity contribution is 6.35. The van der Waals surface area contributed by atoms with Gasteiger partial charge in [0.05, 0.1) is 27.9 Å². The number of imide groups is 2. The number of carbonyl (C=O) groups excluding carboxylic acids is 6. The molecule has 0 spiro atoms. The lowest BCUT2D eigenvalue weighted by Gasteiger charge is -2.38. The van der Waals surface area contributed by atoms with Crippen LogP contribution in [-0.4, -0.2) is 59.9 Å². The summed E-state index contributed by atoms with van der Waals surface area (Å²) >= 11 is 0. The van der Waals surface area contributed by atoms with Crippen LogP contribution in [0.4, 0.5) is 32.0 Å². The zero-order chi connectivity index (χ0) is 38.9. The number of fused-ring (bicyclic) bond motifs is 2. The lowest BCUT2D eigenvalue weighted by atomic mass is 9.71. The van der Waals surface area contributed by atoms with E-state index in [-0.39, 0.29) is 24.6 Å². The molecule has 4 aromatic carbocycles. The van der Waals surface area contributed by atoms with E-state index in [0.717, 1.165) is 14.0 Å². The molecule has 0 fully saturated rings. The predicted octanol–water partition coefficient (Wildman–Crippen LogP) is 7.59. The van der Waals surface area contributed by atoms with Crippen LogP contribution in [0.1, 0.15) is 79.4 Å². The summed E-state index contributed by atoms with van der Waals surface area (Å²) in [6, 6.07) is 11.5. The number of amides is 4. The fraction of sp³-hybridized carbons (Fsp3) is 0.211. The molecule has 2 aliphatic heterocycles. The number of halogens is 6. The van der Waals surface area contributed by atoms with Gasteiger partial charge in [0.15, 0.2) is 5.75 Å². The van der Waals surface area contributed by atoms with E-state index in [9.17, 15) is 28.8 Å². The Morgan fingerprint density at radius 1 is 0.574 bits per heavy atom. The number of aryl methyl sites for hydroxylation is 1. The van der Waals surface area contributed by atoms with Crippen molar-refractivity contribution in [2.24, 2.45) is 0 Å². The molecule has 4 amide bonds. The first kappa shape index (κ1) is 38.9. The molecular weight excluding hydrogens is 726 g/mol. The second kappa shape index (κ2) is 13.3. The Labute approximate surface area is 302 Å². The topological polar surface area (TPSA) is 127 Å². The Hall–Kier alpha value is -6.32. The van der Waals surface area contributed by atoms with Crippen molar-refractivity contribution in [3.8, 4) is 22.6 Å². The minimum Gasteiger partial charge on any atom is -0.426 e. The van der Waals surface area contributed by atoms with E-state index in [0.29, 0.717) is 62.9 Å². The van der Waals surface area contributed by atoms with Crippen molar-refractivity contribution in [1.29, 1.82) is 0 Å². The first-order valence-corrected chi connectivity index (χ1v) is 15.4. The van der Waals surface area contributed by atoms with Crippen LogP contribution in [0.3, 0.4) is 0 Å². The SMILES string of the molecule is C.CC(=O)Oc1cc(-c2ccc(N3C(=O)c4ccc(C(c5ccc6c(c5)C(=O)N(C)C6=O)(C(F)(F)F)C(F)(F)F)cc4C3=O)c(OC(C)=O)c2)ccc1C. The fourth-order valence-corrected chi connectivity index (χ4v) is 6.43. The number of benzene rings is 4. The third kappa shape index (κ3) is 5.96. The molecule has 0 aliphatic carbocycles. The second-order valence-corrected chi connectivity index (χ2v) is 12.2. The first-order valence-electron chi connectivity index (χ1n) is 15.4. The molecular formula is C38H28F6N2O8. The number of hydrogen-bond donors (Lipinski definition) is 0. The lowest BCUT2D eigenvalue weighted by Crippen LogP contribution is -2.55. The van der Waals surface area contributed by atoms with Crippen LogP contribution in [0, 0.1) is 6.92 Å². The molecule has 0 radical (unpaired) electrons. The van der Waals surface area contributed by atoms with Gasteiger partial charge >= 0.3 is 24.3 Å². The first-order chi connectivity index (χ1) is 24.7. The van der Waals surface area contributed by atoms with E-state index in [1.54, 1.807) is 19.1 Å². The van der Waals surface area contributed by atoms with Crippen LogP contribution in [-0.2, 0) is 15.0 Å². The molecule has 0 bridgehead atoms. The molecule has 54 heavy (non-hydrogen) atoms. The van der Waals surface area contributed by atoms with Crippen molar-refractivity contribution in [3.05, 3.63) is 112 Å². The summed E-state index contributed by atoms with van der Waals surface area (Å²) in [5.74, 6) is -6.13. The highest BCUT2D eigenvalue weighted by atomic mass is 19.4. The molecule has 10 nitrogen and oxygen atoms in total. The summed E-state index contributed by atoms with van der Waals surface area (Å²) in [5, 5.41) is 0. The standard InChI is InChI=1S/C37H24F6N2O8.CH4/c1-17-5-6-20(13-29(17)52-18(2)46)21-7-12-28(30(14-21)53-19(3)47)45-33(50)25-11-9-23(16-27(25)34(45)51)35(36(38,39)40,37(41,42)43)22-8-10-24-26(15-22)32(49)44(4)31(24)48;/h5-16H,1-4H3;1H4. The van der Waals surface area contributed by atoms with Crippen molar-refractivity contribution < 1.29 is 64.6 Å². The number of alkyl halides is 6. The molecule has 2 aliphatic rings. The maximum absolute atomic E-state index is 15.1. The third-order valence-corrected chi connectivity index (χ3v) is 8.92. The number of carbonyl (C=O) groups is 6. The molecule has 16 heteroatoms. The summed E-state index contributed by atoms with van der Waals surface area (Å²) in [7, 11) is 1.02. The summed E-state index contributed by atoms with van der Waals surface area (Å²) in [6.07, 6.45) is -12.3. The Kier molecular flexibility index (Phi) is 9.56. The maximum atomic E-state index is 15.1. The van der Waals surface area contributed by atoms with Crippen molar-refractivity contribution >= 4 is 41.3 Å². The van der Waals surface area contributed by atoms with E-state index >= 15 is 26.3 Å². The van der Waals surface area contributed by atoms with Crippen molar-refractivity contribution in [1.82, 2.24) is 4.90 Å². The molecule has 6 rings (SSSR count). The third-order valence-electron chi connectivity index (χ3n) is 8.92. The monoisotopic (exact) mass is 754 g/mol. The van der Waals surface area contributed by atoms with E-state index in [4.69, 9.17) is 9.47 Å². The van der Waals surface area contributed by atoms with Gasteiger partial charge in [-0.1, -0.05) is 37.8 Å². The van der Waals surface area contributed by atoms with Gasteiger partial charge in [0.25, 0.3) is 23.6 Å². The Balaban J connectivity index is 0.00000561. The lowest BCUT2D eigenvalue weighted by molar-refractivity contribution is -0.288. The average molecular weight is 755 g/mol. The maximum Gasteiger partial charge on any atom is 0.411 e. The molecule has 0 N–H and O–H groups in total. The Bertz CT molecular complexity index is 2300. The van der Waals surface area contributed by atoms with Crippen molar-refractivity contribution in [2.45, 2.75) is 46.0 Å². The highest BCUT2D eigenvalue weighted by Crippen LogP contribution is 2.57. The van der Waals surface area contributed by atoms with Gasteiger partial charge in [0.1, 0.15) is 5.75 Å². The van der Waals surface area contributed by atoms with Gasteiger partial charge in [-0.3, -0.25) is 33.7 Å². The van der Waals surface area contributed by atoms with Crippen molar-refractivity contribution in [2.75, 3.05) is 11.9 Å². The Morgan fingerprint density at radius 3 is 1.52 bits per heavy atom. The zero-order valence-electron chi connectivity index (χ0n) is 27.9. The number of rotatable bonds is 6. The number of anilines is 1. The molecule has 0 saturated carbocycles. The highest BCUT2D eigenvalue weighted by Gasteiger charge is 2.73. The van der Waals surface area contributed by atoms with Crippen LogP contribution in [0.25, 0.3) is 11.1 Å². The summed E-state index contributed by atoms with van der Waals surface area (Å²) < 4.78 is 101. The van der Waals surface area contributed by atoms with E-state index in [1.807, 2.05) is 0 Å². The summed E-state index contributed by atoms with van der Waals surface area (Å²) in [6.45, 7) is 3.91. The summed E-state index contributed by atoms with van der Waals surface area (Å²) in [5.41, 5.74) is -9.19. The van der Waals surface area contributed by atoms with Crippen molar-refractivity contribution in [3.63, 3.8) is 0 Å². The minimum absolute atomic E-state index is 0. The molecule has 0 aromatic heterocycles. The van der Waals surface area contributed by atoms with Gasteiger partial charge in [-0.2, -0.15) is 26.3 Å². The number of nitrogens with zero attached hydrogens (tertiary/aromatic N) is 2. The largest absolute Gasteiger partial charge is 0.426 e. The quantitative estimate of drug-likeness (QED) is 0.0854. The van der Waals surface area contributed by atoms with Crippen LogP contribution in [0.5, 0.6) is 11.5 Å². The van der Waals surface area contributed by atoms with Crippen LogP contribution in [0.15, 0.2) is 72.8 Å². The van der Waals surface area contributed by atoms with Crippen LogP contribution in [0.2, 0.25) is 0 Å². The second-order valence-electron chi connectivity index (χ2n) is 12.2. The molecule has 0 atom stereocenters. The summed E-state index contributed by atoms with van der Waals surface area (Å²) in [4.78, 5) is 77.1. The average Bonchev–Trinajstić information content (AvgIpc) is 3.43. The Morgan fingerprint density at radius 2 is 1.00 bits per heavy atom. The van der Waals surface area contributed by atoms with Crippen LogP contribution < -0.4 is 14.4 Å². The normalized spacial score (nSPS) is 14.2. The van der Waals surface area contributed by atoms with Gasteiger partial charge in [0, 0.05) is 20.9 Å². The minimum atomic E-state index is -6.14. The fourth-order valence-electron chi connectivity index (χ4n) is 6.43. The van der Waals surface area contributed by atoms with Gasteiger partial charge in [-0.15, -0.1) is 0 Å². The molecule has 0 unspecified atom stereocenters. The predicted molar refractivity (Wildman–Crippen MR) is 179 cm³/mol. The number of esters is 2. The van der Waals surface area contributed by atoms with Gasteiger partial charge < -0.3 is 9.47 Å². The molecule has 280 valence electrons.